The second kappa shape index (κ2) is 13.6. The first-order valence-electron chi connectivity index (χ1n) is 12.3. The zero-order chi connectivity index (χ0) is 26.8. The molecule has 1 amide bonds. The molecule has 200 valence electrons. The molecule has 2 aromatic rings. The number of carboxylic acid groups (broad SMARTS) is 2. The van der Waals surface area contributed by atoms with Crippen LogP contribution in [0.25, 0.3) is 0 Å². The molecule has 2 aliphatic heterocycles. The number of ether oxygens (including phenoxy) is 2. The van der Waals surface area contributed by atoms with Crippen LogP contribution in [-0.2, 0) is 16.1 Å². The summed E-state index contributed by atoms with van der Waals surface area (Å²) in [6.07, 6.45) is 2.41. The van der Waals surface area contributed by atoms with Crippen molar-refractivity contribution in [2.75, 3.05) is 53.5 Å². The Bertz CT molecular complexity index is 1040. The Hall–Kier alpha value is -3.63. The third kappa shape index (κ3) is 7.93. The van der Waals surface area contributed by atoms with Crippen LogP contribution >= 0.6 is 0 Å². The fourth-order valence-electron chi connectivity index (χ4n) is 4.73. The highest BCUT2D eigenvalue weighted by molar-refractivity contribution is 6.27. The Labute approximate surface area is 217 Å². The van der Waals surface area contributed by atoms with Crippen LogP contribution in [0.5, 0.6) is 11.5 Å². The van der Waals surface area contributed by atoms with Crippen molar-refractivity contribution in [3.63, 3.8) is 0 Å². The van der Waals surface area contributed by atoms with Crippen molar-refractivity contribution in [3.05, 3.63) is 59.7 Å². The Balaban J connectivity index is 0.000000568. The number of piperidine rings is 1. The molecule has 10 nitrogen and oxygen atoms in total. The van der Waals surface area contributed by atoms with Crippen LogP contribution in [0.2, 0.25) is 0 Å². The van der Waals surface area contributed by atoms with Crippen LogP contribution in [0.3, 0.4) is 0 Å². The summed E-state index contributed by atoms with van der Waals surface area (Å²) in [6.45, 7) is 6.77. The molecule has 0 bridgehead atoms. The summed E-state index contributed by atoms with van der Waals surface area (Å²) >= 11 is 0. The standard InChI is InChI=1S/C25H33N3O3.C2H2O4/c1-30-23-9-8-21(18-24(23)31-2)25(29)28-16-14-27(15-17-28)22-10-12-26(13-11-22)19-20-6-4-3-5-7-20;3-1(4)2(5)6/h3-9,18,22H,10-17,19H2,1-2H3;(H,3,4)(H,5,6). The lowest BCUT2D eigenvalue weighted by Gasteiger charge is -2.42. The maximum absolute atomic E-state index is 13.0. The van der Waals surface area contributed by atoms with E-state index in [2.05, 4.69) is 40.1 Å². The third-order valence-electron chi connectivity index (χ3n) is 6.74. The monoisotopic (exact) mass is 513 g/mol. The predicted molar refractivity (Wildman–Crippen MR) is 137 cm³/mol. The molecule has 0 spiro atoms. The minimum absolute atomic E-state index is 0.0679. The van der Waals surface area contributed by atoms with Crippen LogP contribution in [-0.4, -0.2) is 102 Å². The quantitative estimate of drug-likeness (QED) is 0.561. The molecular formula is C27H35N3O7. The number of nitrogens with zero attached hydrogens (tertiary/aromatic N) is 3. The van der Waals surface area contributed by atoms with Gasteiger partial charge in [0.1, 0.15) is 0 Å². The van der Waals surface area contributed by atoms with Crippen molar-refractivity contribution < 1.29 is 34.1 Å². The first-order chi connectivity index (χ1) is 17.8. The highest BCUT2D eigenvalue weighted by Gasteiger charge is 2.29. The normalized spacial score (nSPS) is 16.9. The highest BCUT2D eigenvalue weighted by Crippen LogP contribution is 2.28. The predicted octanol–water partition coefficient (Wildman–Crippen LogP) is 2.28. The van der Waals surface area contributed by atoms with Gasteiger partial charge in [-0.1, -0.05) is 30.3 Å². The van der Waals surface area contributed by atoms with Crippen molar-refractivity contribution in [2.24, 2.45) is 0 Å². The van der Waals surface area contributed by atoms with Crippen LogP contribution in [0, 0.1) is 0 Å². The van der Waals surface area contributed by atoms with Gasteiger partial charge in [-0.15, -0.1) is 0 Å². The molecule has 10 heteroatoms. The molecule has 2 saturated heterocycles. The number of methoxy groups -OCH3 is 2. The summed E-state index contributed by atoms with van der Waals surface area (Å²) in [4.78, 5) is 38.3. The summed E-state index contributed by atoms with van der Waals surface area (Å²) < 4.78 is 10.6. The molecule has 0 aromatic heterocycles. The number of carboxylic acids is 2. The minimum atomic E-state index is -1.82. The molecule has 0 unspecified atom stereocenters. The summed E-state index contributed by atoms with van der Waals surface area (Å²) in [5.74, 6) is -2.35. The van der Waals surface area contributed by atoms with Gasteiger partial charge in [-0.05, 0) is 49.7 Å². The zero-order valence-electron chi connectivity index (χ0n) is 21.3. The Morgan fingerprint density at radius 1 is 0.811 bits per heavy atom. The Morgan fingerprint density at radius 2 is 1.41 bits per heavy atom. The van der Waals surface area contributed by atoms with E-state index in [-0.39, 0.29) is 5.91 Å². The third-order valence-corrected chi connectivity index (χ3v) is 6.74. The molecule has 0 radical (unpaired) electrons. The molecule has 0 saturated carbocycles. The van der Waals surface area contributed by atoms with Crippen LogP contribution in [0.15, 0.2) is 48.5 Å². The molecular weight excluding hydrogens is 478 g/mol. The average Bonchev–Trinajstić information content (AvgIpc) is 2.93. The first-order valence-corrected chi connectivity index (χ1v) is 12.3. The molecule has 0 aliphatic carbocycles. The lowest BCUT2D eigenvalue weighted by molar-refractivity contribution is -0.159. The second-order valence-corrected chi connectivity index (χ2v) is 9.00. The van der Waals surface area contributed by atoms with Gasteiger partial charge in [-0.25, -0.2) is 9.59 Å². The van der Waals surface area contributed by atoms with Crippen LogP contribution in [0.4, 0.5) is 0 Å². The van der Waals surface area contributed by atoms with Gasteiger partial charge in [0.15, 0.2) is 11.5 Å². The number of piperazine rings is 1. The lowest BCUT2D eigenvalue weighted by Crippen LogP contribution is -2.54. The van der Waals surface area contributed by atoms with Gasteiger partial charge >= 0.3 is 11.9 Å². The maximum Gasteiger partial charge on any atom is 0.414 e. The second-order valence-electron chi connectivity index (χ2n) is 9.00. The number of likely N-dealkylation sites (tertiary alicyclic amines) is 1. The average molecular weight is 514 g/mol. The van der Waals surface area contributed by atoms with Gasteiger partial charge in [0.2, 0.25) is 0 Å². The van der Waals surface area contributed by atoms with E-state index in [1.165, 1.54) is 18.4 Å². The lowest BCUT2D eigenvalue weighted by atomic mass is 10.0. The van der Waals surface area contributed by atoms with Crippen LogP contribution in [0.1, 0.15) is 28.8 Å². The van der Waals surface area contributed by atoms with Crippen molar-refractivity contribution in [1.29, 1.82) is 0 Å². The topological polar surface area (TPSA) is 120 Å². The number of rotatable bonds is 6. The molecule has 2 N–H and O–H groups in total. The zero-order valence-corrected chi connectivity index (χ0v) is 21.3. The summed E-state index contributed by atoms with van der Waals surface area (Å²) in [5, 5.41) is 14.8. The first kappa shape index (κ1) is 27.9. The maximum atomic E-state index is 13.0. The Kier molecular flexibility index (Phi) is 10.3. The van der Waals surface area contributed by atoms with E-state index in [0.717, 1.165) is 45.8 Å². The number of hydrogen-bond donors (Lipinski definition) is 2. The van der Waals surface area contributed by atoms with E-state index in [4.69, 9.17) is 29.3 Å². The van der Waals surface area contributed by atoms with E-state index >= 15 is 0 Å². The summed E-state index contributed by atoms with van der Waals surface area (Å²) in [6, 6.07) is 16.7. The number of carbonyl (C=O) groups is 3. The number of amides is 1. The highest BCUT2D eigenvalue weighted by atomic mass is 16.5. The minimum Gasteiger partial charge on any atom is -0.493 e. The van der Waals surface area contributed by atoms with Gasteiger partial charge < -0.3 is 24.6 Å². The number of hydrogen-bond acceptors (Lipinski definition) is 7. The SMILES string of the molecule is COc1ccc(C(=O)N2CCN(C3CCN(Cc4ccccc4)CC3)CC2)cc1OC.O=C(O)C(=O)O. The van der Waals surface area contributed by atoms with Gasteiger partial charge in [-0.2, -0.15) is 0 Å². The summed E-state index contributed by atoms with van der Waals surface area (Å²) in [5.41, 5.74) is 2.04. The number of benzene rings is 2. The molecule has 37 heavy (non-hydrogen) atoms. The van der Waals surface area contributed by atoms with Crippen molar-refractivity contribution in [1.82, 2.24) is 14.7 Å². The van der Waals surface area contributed by atoms with Crippen molar-refractivity contribution in [2.45, 2.75) is 25.4 Å². The molecule has 2 aromatic carbocycles. The summed E-state index contributed by atoms with van der Waals surface area (Å²) in [7, 11) is 3.20. The molecule has 0 atom stereocenters. The van der Waals surface area contributed by atoms with Gasteiger partial charge in [0.25, 0.3) is 5.91 Å². The molecule has 4 rings (SSSR count). The van der Waals surface area contributed by atoms with E-state index in [0.29, 0.717) is 23.1 Å². The van der Waals surface area contributed by atoms with Gasteiger partial charge in [-0.3, -0.25) is 14.6 Å². The number of aliphatic carboxylic acids is 2. The molecule has 2 aliphatic rings. The van der Waals surface area contributed by atoms with Crippen LogP contribution < -0.4 is 9.47 Å². The van der Waals surface area contributed by atoms with Crippen molar-refractivity contribution in [3.8, 4) is 11.5 Å². The van der Waals surface area contributed by atoms with E-state index in [1.807, 2.05) is 11.0 Å². The van der Waals surface area contributed by atoms with E-state index < -0.39 is 11.9 Å². The van der Waals surface area contributed by atoms with E-state index in [9.17, 15) is 4.79 Å². The van der Waals surface area contributed by atoms with Gasteiger partial charge in [0, 0.05) is 44.3 Å². The fraction of sp³-hybridized carbons (Fsp3) is 0.444. The molecule has 2 fully saturated rings. The van der Waals surface area contributed by atoms with Crippen molar-refractivity contribution >= 4 is 17.8 Å². The van der Waals surface area contributed by atoms with Gasteiger partial charge in [0.05, 0.1) is 14.2 Å². The smallest absolute Gasteiger partial charge is 0.414 e. The van der Waals surface area contributed by atoms with E-state index in [1.54, 1.807) is 26.4 Å². The fourth-order valence-corrected chi connectivity index (χ4v) is 4.73. The largest absolute Gasteiger partial charge is 0.493 e. The number of carbonyl (C=O) groups excluding carboxylic acids is 1. The Morgan fingerprint density at radius 3 is 1.95 bits per heavy atom. The molecule has 2 heterocycles.